The van der Waals surface area contributed by atoms with Gasteiger partial charge in [-0.25, -0.2) is 0 Å². The van der Waals surface area contributed by atoms with Crippen molar-refractivity contribution in [3.05, 3.63) is 63.7 Å². The highest BCUT2D eigenvalue weighted by Crippen LogP contribution is 2.31. The summed E-state index contributed by atoms with van der Waals surface area (Å²) in [6.07, 6.45) is 0.292. The Morgan fingerprint density at radius 2 is 1.95 bits per heavy atom. The first kappa shape index (κ1) is 12.9. The molecule has 0 atom stereocenters. The van der Waals surface area contributed by atoms with Gasteiger partial charge in [0.15, 0.2) is 5.78 Å². The Kier molecular flexibility index (Phi) is 3.07. The zero-order chi connectivity index (χ0) is 14.3. The number of halogens is 1. The van der Waals surface area contributed by atoms with E-state index in [0.29, 0.717) is 28.3 Å². The second kappa shape index (κ2) is 4.76. The Labute approximate surface area is 121 Å². The fraction of sp³-hybridized carbons (Fsp3) is 0.125. The molecule has 1 N–H and O–H groups in total. The van der Waals surface area contributed by atoms with Gasteiger partial charge in [0.1, 0.15) is 0 Å². The molecule has 0 aliphatic carbocycles. The lowest BCUT2D eigenvalue weighted by Crippen LogP contribution is -2.05. The molecule has 0 bridgehead atoms. The highest BCUT2D eigenvalue weighted by molar-refractivity contribution is 6.35. The first-order valence-corrected chi connectivity index (χ1v) is 6.66. The molecule has 3 rings (SSSR count). The van der Waals surface area contributed by atoms with E-state index in [2.05, 4.69) is 5.32 Å². The highest BCUT2D eigenvalue weighted by atomic mass is 35.5. The van der Waals surface area contributed by atoms with Crippen LogP contribution in [0.4, 0.5) is 5.69 Å². The van der Waals surface area contributed by atoms with E-state index < -0.39 is 0 Å². The molecule has 100 valence electrons. The van der Waals surface area contributed by atoms with Gasteiger partial charge in [-0.3, -0.25) is 9.59 Å². The number of carbonyl (C=O) groups is 2. The average Bonchev–Trinajstić information content (AvgIpc) is 2.76. The minimum absolute atomic E-state index is 0.0726. The molecule has 1 aliphatic rings. The zero-order valence-electron chi connectivity index (χ0n) is 10.9. The van der Waals surface area contributed by atoms with E-state index in [0.717, 1.165) is 11.1 Å². The number of amides is 1. The van der Waals surface area contributed by atoms with Crippen LogP contribution in [0.15, 0.2) is 36.4 Å². The Balaban J connectivity index is 2.08. The minimum atomic E-state index is -0.116. The van der Waals surface area contributed by atoms with E-state index in [1.165, 1.54) is 0 Å². The molecular formula is C16H12ClNO2. The van der Waals surface area contributed by atoms with Crippen molar-refractivity contribution >= 4 is 29.0 Å². The second-order valence-electron chi connectivity index (χ2n) is 4.86. The van der Waals surface area contributed by atoms with Gasteiger partial charge in [0.05, 0.1) is 11.4 Å². The summed E-state index contributed by atoms with van der Waals surface area (Å²) in [6.45, 7) is 1.89. The van der Waals surface area contributed by atoms with Gasteiger partial charge in [-0.15, -0.1) is 0 Å². The van der Waals surface area contributed by atoms with Crippen molar-refractivity contribution in [2.24, 2.45) is 0 Å². The molecule has 0 saturated heterocycles. The number of nitrogens with one attached hydrogen (secondary N) is 1. The number of hydrogen-bond acceptors (Lipinski definition) is 2. The third-order valence-corrected chi connectivity index (χ3v) is 3.77. The van der Waals surface area contributed by atoms with Gasteiger partial charge >= 0.3 is 0 Å². The van der Waals surface area contributed by atoms with Crippen molar-refractivity contribution in [2.45, 2.75) is 13.3 Å². The molecule has 0 aromatic heterocycles. The standard InChI is InChI=1S/C16H12ClNO2/c1-9-4-2-3-5-11(9)16(20)12-6-10-7-15(19)18-14(10)8-13(12)17/h2-6,8H,7H2,1H3,(H,18,19). The topological polar surface area (TPSA) is 46.2 Å². The molecule has 1 aliphatic heterocycles. The summed E-state index contributed by atoms with van der Waals surface area (Å²) < 4.78 is 0. The summed E-state index contributed by atoms with van der Waals surface area (Å²) in [5, 5.41) is 3.08. The fourth-order valence-electron chi connectivity index (χ4n) is 2.39. The Morgan fingerprint density at radius 3 is 2.70 bits per heavy atom. The molecule has 20 heavy (non-hydrogen) atoms. The van der Waals surface area contributed by atoms with Crippen molar-refractivity contribution < 1.29 is 9.59 Å². The first-order valence-electron chi connectivity index (χ1n) is 6.29. The van der Waals surface area contributed by atoms with Gasteiger partial charge in [-0.1, -0.05) is 35.9 Å². The van der Waals surface area contributed by atoms with Gasteiger partial charge in [0.25, 0.3) is 0 Å². The molecule has 1 amide bonds. The van der Waals surface area contributed by atoms with Crippen LogP contribution in [0.25, 0.3) is 0 Å². The summed E-state index contributed by atoms with van der Waals surface area (Å²) in [6, 6.07) is 10.7. The van der Waals surface area contributed by atoms with Crippen LogP contribution in [0.3, 0.4) is 0 Å². The van der Waals surface area contributed by atoms with Gasteiger partial charge in [0, 0.05) is 16.8 Å². The molecule has 2 aromatic rings. The molecule has 0 spiro atoms. The molecule has 1 heterocycles. The Bertz CT molecular complexity index is 737. The lowest BCUT2D eigenvalue weighted by Gasteiger charge is -2.08. The van der Waals surface area contributed by atoms with E-state index in [-0.39, 0.29) is 11.7 Å². The quantitative estimate of drug-likeness (QED) is 0.860. The number of benzene rings is 2. The van der Waals surface area contributed by atoms with Crippen LogP contribution in [-0.4, -0.2) is 11.7 Å². The number of fused-ring (bicyclic) bond motifs is 1. The van der Waals surface area contributed by atoms with E-state index in [9.17, 15) is 9.59 Å². The lowest BCUT2D eigenvalue weighted by molar-refractivity contribution is -0.115. The normalized spacial score (nSPS) is 13.0. The first-order chi connectivity index (χ1) is 9.56. The molecule has 2 aromatic carbocycles. The smallest absolute Gasteiger partial charge is 0.228 e. The van der Waals surface area contributed by atoms with Crippen LogP contribution in [0, 0.1) is 6.92 Å². The maximum atomic E-state index is 12.6. The maximum Gasteiger partial charge on any atom is 0.228 e. The van der Waals surface area contributed by atoms with Gasteiger partial charge < -0.3 is 5.32 Å². The van der Waals surface area contributed by atoms with Crippen LogP contribution in [0.2, 0.25) is 5.02 Å². The third kappa shape index (κ3) is 2.10. The molecular weight excluding hydrogens is 274 g/mol. The molecule has 0 unspecified atom stereocenters. The maximum absolute atomic E-state index is 12.6. The zero-order valence-corrected chi connectivity index (χ0v) is 11.6. The Morgan fingerprint density at radius 1 is 1.20 bits per heavy atom. The molecule has 4 heteroatoms. The van der Waals surface area contributed by atoms with Gasteiger partial charge in [0.2, 0.25) is 5.91 Å². The van der Waals surface area contributed by atoms with E-state index in [1.807, 2.05) is 25.1 Å². The number of hydrogen-bond donors (Lipinski definition) is 1. The SMILES string of the molecule is Cc1ccccc1C(=O)c1cc2c(cc1Cl)NC(=O)C2. The van der Waals surface area contributed by atoms with Crippen LogP contribution in [-0.2, 0) is 11.2 Å². The largest absolute Gasteiger partial charge is 0.325 e. The van der Waals surface area contributed by atoms with Crippen LogP contribution in [0.5, 0.6) is 0 Å². The molecule has 0 fully saturated rings. The van der Waals surface area contributed by atoms with Crippen molar-refractivity contribution in [3.63, 3.8) is 0 Å². The average molecular weight is 286 g/mol. The lowest BCUT2D eigenvalue weighted by atomic mass is 9.97. The molecule has 0 saturated carbocycles. The summed E-state index contributed by atoms with van der Waals surface area (Å²) in [5.41, 5.74) is 3.49. The number of anilines is 1. The fourth-order valence-corrected chi connectivity index (χ4v) is 2.64. The predicted octanol–water partition coefficient (Wildman–Crippen LogP) is 3.37. The number of aryl methyl sites for hydroxylation is 1. The van der Waals surface area contributed by atoms with E-state index >= 15 is 0 Å². The third-order valence-electron chi connectivity index (χ3n) is 3.45. The van der Waals surface area contributed by atoms with Crippen LogP contribution in [0.1, 0.15) is 27.0 Å². The summed E-state index contributed by atoms with van der Waals surface area (Å²) in [7, 11) is 0. The molecule has 0 radical (unpaired) electrons. The van der Waals surface area contributed by atoms with Gasteiger partial charge in [-0.05, 0) is 30.2 Å². The van der Waals surface area contributed by atoms with Crippen molar-refractivity contribution in [2.75, 3.05) is 5.32 Å². The van der Waals surface area contributed by atoms with Crippen molar-refractivity contribution in [1.82, 2.24) is 0 Å². The van der Waals surface area contributed by atoms with Gasteiger partial charge in [-0.2, -0.15) is 0 Å². The van der Waals surface area contributed by atoms with Crippen molar-refractivity contribution in [1.29, 1.82) is 0 Å². The highest BCUT2D eigenvalue weighted by Gasteiger charge is 2.22. The number of carbonyl (C=O) groups excluding carboxylic acids is 2. The van der Waals surface area contributed by atoms with Crippen LogP contribution < -0.4 is 5.32 Å². The summed E-state index contributed by atoms with van der Waals surface area (Å²) >= 11 is 6.18. The van der Waals surface area contributed by atoms with E-state index in [4.69, 9.17) is 11.6 Å². The summed E-state index contributed by atoms with van der Waals surface area (Å²) in [4.78, 5) is 24.0. The predicted molar refractivity (Wildman–Crippen MR) is 78.4 cm³/mol. The minimum Gasteiger partial charge on any atom is -0.325 e. The van der Waals surface area contributed by atoms with Crippen molar-refractivity contribution in [3.8, 4) is 0 Å². The summed E-state index contributed by atoms with van der Waals surface area (Å²) in [5.74, 6) is -0.188. The van der Waals surface area contributed by atoms with E-state index in [1.54, 1.807) is 18.2 Å². The monoisotopic (exact) mass is 285 g/mol. The number of ketones is 1. The molecule has 3 nitrogen and oxygen atoms in total. The second-order valence-corrected chi connectivity index (χ2v) is 5.27. The number of rotatable bonds is 2. The van der Waals surface area contributed by atoms with Crippen LogP contribution >= 0.6 is 11.6 Å². The Hall–Kier alpha value is -2.13.